The van der Waals surface area contributed by atoms with E-state index in [2.05, 4.69) is 20.6 Å². The quantitative estimate of drug-likeness (QED) is 0.745. The molecule has 5 nitrogen and oxygen atoms in total. The largest absolute Gasteiger partial charge is 0.373 e. The van der Waals surface area contributed by atoms with Crippen LogP contribution in [0.2, 0.25) is 0 Å². The molecule has 0 atom stereocenters. The van der Waals surface area contributed by atoms with Crippen molar-refractivity contribution in [2.24, 2.45) is 0 Å². The number of carbonyl (C=O) groups excluding carboxylic acids is 1. The number of carbonyl (C=O) groups is 1. The predicted octanol–water partition coefficient (Wildman–Crippen LogP) is 1.40. The van der Waals surface area contributed by atoms with E-state index in [-0.39, 0.29) is 5.91 Å². The molecule has 0 fully saturated rings. The molecule has 1 aliphatic heterocycles. The summed E-state index contributed by atoms with van der Waals surface area (Å²) in [5, 5.41) is 5.85. The Kier molecular flexibility index (Phi) is 2.51. The number of anilines is 1. The molecule has 0 unspecified atom stereocenters. The second kappa shape index (κ2) is 4.18. The van der Waals surface area contributed by atoms with E-state index < -0.39 is 0 Å². The summed E-state index contributed by atoms with van der Waals surface area (Å²) in [5.74, 6) is 0.811. The summed E-state index contributed by atoms with van der Waals surface area (Å²) in [5.41, 5.74) is 3.74. The van der Waals surface area contributed by atoms with Crippen molar-refractivity contribution in [1.82, 2.24) is 15.3 Å². The highest BCUT2D eigenvalue weighted by Crippen LogP contribution is 2.24. The zero-order valence-corrected chi connectivity index (χ0v) is 10.1. The molecule has 0 spiro atoms. The van der Waals surface area contributed by atoms with Gasteiger partial charge in [-0.3, -0.25) is 4.79 Å². The van der Waals surface area contributed by atoms with Gasteiger partial charge in [0.2, 0.25) is 0 Å². The monoisotopic (exact) mass is 242 g/mol. The lowest BCUT2D eigenvalue weighted by Gasteiger charge is -2.10. The van der Waals surface area contributed by atoms with Crippen molar-refractivity contribution in [1.29, 1.82) is 0 Å². The van der Waals surface area contributed by atoms with E-state index in [1.807, 2.05) is 25.2 Å². The Balaban J connectivity index is 2.04. The molecule has 0 saturated carbocycles. The van der Waals surface area contributed by atoms with Gasteiger partial charge in [-0.25, -0.2) is 4.98 Å². The van der Waals surface area contributed by atoms with Crippen LogP contribution in [0, 0.1) is 0 Å². The second-order valence-corrected chi connectivity index (χ2v) is 4.26. The molecule has 1 amide bonds. The average molecular weight is 242 g/mol. The van der Waals surface area contributed by atoms with Crippen molar-refractivity contribution in [2.75, 3.05) is 18.9 Å². The van der Waals surface area contributed by atoms with E-state index >= 15 is 0 Å². The van der Waals surface area contributed by atoms with Crippen molar-refractivity contribution < 1.29 is 4.79 Å². The zero-order chi connectivity index (χ0) is 12.5. The molecule has 0 saturated heterocycles. The molecule has 2 aromatic heterocycles. The average Bonchev–Trinajstić information content (AvgIpc) is 2.84. The molecule has 0 aliphatic carbocycles. The molecule has 92 valence electrons. The standard InChI is InChI=1S/C13H14N4O/c1-14-12-6-8(2-4-15-12)11-7-9-10(17-11)3-5-16-13(9)18/h2,4,6-7,17H,3,5H2,1H3,(H,14,15)(H,16,18). The third-order valence-corrected chi connectivity index (χ3v) is 3.13. The molecule has 0 radical (unpaired) electrons. The lowest BCUT2D eigenvalue weighted by Crippen LogP contribution is -2.31. The number of aromatic nitrogens is 2. The van der Waals surface area contributed by atoms with E-state index in [0.717, 1.165) is 34.8 Å². The van der Waals surface area contributed by atoms with Crippen LogP contribution >= 0.6 is 0 Å². The summed E-state index contributed by atoms with van der Waals surface area (Å²) in [6.45, 7) is 0.698. The van der Waals surface area contributed by atoms with Crippen LogP contribution in [-0.2, 0) is 6.42 Å². The molecule has 0 bridgehead atoms. The van der Waals surface area contributed by atoms with Gasteiger partial charge >= 0.3 is 0 Å². The van der Waals surface area contributed by atoms with Crippen LogP contribution in [0.4, 0.5) is 5.82 Å². The fourth-order valence-corrected chi connectivity index (χ4v) is 2.18. The number of hydrogen-bond acceptors (Lipinski definition) is 3. The molecule has 3 N–H and O–H groups in total. The van der Waals surface area contributed by atoms with Gasteiger partial charge in [-0.2, -0.15) is 0 Å². The van der Waals surface area contributed by atoms with Crippen molar-refractivity contribution in [3.05, 3.63) is 35.7 Å². The van der Waals surface area contributed by atoms with Gasteiger partial charge in [0.05, 0.1) is 5.56 Å². The van der Waals surface area contributed by atoms with Crippen molar-refractivity contribution in [3.8, 4) is 11.3 Å². The van der Waals surface area contributed by atoms with Gasteiger partial charge in [-0.05, 0) is 18.2 Å². The SMILES string of the molecule is CNc1cc(-c2cc3c([nH]2)CCNC3=O)ccn1. The first kappa shape index (κ1) is 10.8. The van der Waals surface area contributed by atoms with Crippen molar-refractivity contribution in [3.63, 3.8) is 0 Å². The number of amides is 1. The molecule has 1 aliphatic rings. The number of rotatable bonds is 2. The lowest BCUT2D eigenvalue weighted by molar-refractivity contribution is 0.0946. The van der Waals surface area contributed by atoms with E-state index in [0.29, 0.717) is 6.54 Å². The Bertz CT molecular complexity index is 603. The molecular formula is C13H14N4O. The first-order valence-electron chi connectivity index (χ1n) is 5.92. The minimum absolute atomic E-state index is 0.00152. The van der Waals surface area contributed by atoms with Crippen LogP contribution < -0.4 is 10.6 Å². The van der Waals surface area contributed by atoms with Gasteiger partial charge in [0.15, 0.2) is 0 Å². The number of nitrogens with zero attached hydrogens (tertiary/aromatic N) is 1. The minimum Gasteiger partial charge on any atom is -0.373 e. The van der Waals surface area contributed by atoms with Gasteiger partial charge in [0.25, 0.3) is 5.91 Å². The van der Waals surface area contributed by atoms with Crippen LogP contribution in [0.1, 0.15) is 16.1 Å². The second-order valence-electron chi connectivity index (χ2n) is 4.26. The molecular weight excluding hydrogens is 228 g/mol. The summed E-state index contributed by atoms with van der Waals surface area (Å²) in [4.78, 5) is 19.2. The van der Waals surface area contributed by atoms with E-state index in [1.165, 1.54) is 0 Å². The maximum Gasteiger partial charge on any atom is 0.253 e. The Morgan fingerprint density at radius 2 is 2.28 bits per heavy atom. The molecule has 2 aromatic rings. The summed E-state index contributed by atoms with van der Waals surface area (Å²) in [6, 6.07) is 5.78. The van der Waals surface area contributed by atoms with Crippen LogP contribution in [-0.4, -0.2) is 29.5 Å². The summed E-state index contributed by atoms with van der Waals surface area (Å²) in [6.07, 6.45) is 2.60. The number of H-pyrrole nitrogens is 1. The van der Waals surface area contributed by atoms with Crippen molar-refractivity contribution >= 4 is 11.7 Å². The highest BCUT2D eigenvalue weighted by atomic mass is 16.1. The van der Waals surface area contributed by atoms with Crippen molar-refractivity contribution in [2.45, 2.75) is 6.42 Å². The van der Waals surface area contributed by atoms with Crippen LogP contribution in [0.3, 0.4) is 0 Å². The van der Waals surface area contributed by atoms with Gasteiger partial charge in [-0.15, -0.1) is 0 Å². The minimum atomic E-state index is 0.00152. The number of hydrogen-bond donors (Lipinski definition) is 3. The summed E-state index contributed by atoms with van der Waals surface area (Å²) in [7, 11) is 1.83. The highest BCUT2D eigenvalue weighted by molar-refractivity contribution is 5.97. The topological polar surface area (TPSA) is 69.8 Å². The Morgan fingerprint density at radius 1 is 1.39 bits per heavy atom. The third-order valence-electron chi connectivity index (χ3n) is 3.13. The van der Waals surface area contributed by atoms with Crippen LogP contribution in [0.15, 0.2) is 24.4 Å². The first-order chi connectivity index (χ1) is 8.78. The fourth-order valence-electron chi connectivity index (χ4n) is 2.18. The fraction of sp³-hybridized carbons (Fsp3) is 0.231. The van der Waals surface area contributed by atoms with E-state index in [9.17, 15) is 4.79 Å². The molecule has 0 aromatic carbocycles. The van der Waals surface area contributed by atoms with Gasteiger partial charge in [0.1, 0.15) is 5.82 Å². The van der Waals surface area contributed by atoms with Crippen LogP contribution in [0.5, 0.6) is 0 Å². The molecule has 18 heavy (non-hydrogen) atoms. The Morgan fingerprint density at radius 3 is 3.06 bits per heavy atom. The van der Waals surface area contributed by atoms with E-state index in [4.69, 9.17) is 0 Å². The zero-order valence-electron chi connectivity index (χ0n) is 10.1. The van der Waals surface area contributed by atoms with Crippen LogP contribution in [0.25, 0.3) is 11.3 Å². The number of fused-ring (bicyclic) bond motifs is 1. The molecule has 5 heteroatoms. The van der Waals surface area contributed by atoms with Gasteiger partial charge in [-0.1, -0.05) is 0 Å². The number of aromatic amines is 1. The maximum atomic E-state index is 11.7. The van der Waals surface area contributed by atoms with Gasteiger partial charge < -0.3 is 15.6 Å². The Labute approximate surface area is 105 Å². The van der Waals surface area contributed by atoms with E-state index in [1.54, 1.807) is 6.20 Å². The predicted molar refractivity (Wildman–Crippen MR) is 69.6 cm³/mol. The first-order valence-corrected chi connectivity index (χ1v) is 5.92. The van der Waals surface area contributed by atoms with Gasteiger partial charge in [0, 0.05) is 43.2 Å². The number of nitrogens with one attached hydrogen (secondary N) is 3. The summed E-state index contributed by atoms with van der Waals surface area (Å²) < 4.78 is 0. The number of pyridine rings is 1. The molecule has 3 rings (SSSR count). The Hall–Kier alpha value is -2.30. The maximum absolute atomic E-state index is 11.7. The molecule has 3 heterocycles. The normalized spacial score (nSPS) is 13.9. The third kappa shape index (κ3) is 1.73. The summed E-state index contributed by atoms with van der Waals surface area (Å²) >= 11 is 0. The smallest absolute Gasteiger partial charge is 0.253 e. The highest BCUT2D eigenvalue weighted by Gasteiger charge is 2.19. The lowest BCUT2D eigenvalue weighted by atomic mass is 10.1.